The maximum Gasteiger partial charge on any atom is 0.410 e. The molecule has 0 radical (unpaired) electrons. The van der Waals surface area contributed by atoms with Gasteiger partial charge in [0, 0.05) is 29.2 Å². The van der Waals surface area contributed by atoms with Gasteiger partial charge in [-0.15, -0.1) is 0 Å². The number of halogens is 1. The molecule has 1 aliphatic heterocycles. The Bertz CT molecular complexity index is 1360. The van der Waals surface area contributed by atoms with Crippen molar-refractivity contribution in [1.82, 2.24) is 9.80 Å². The molecule has 9 heteroatoms. The Morgan fingerprint density at radius 1 is 0.977 bits per heavy atom. The quantitative estimate of drug-likeness (QED) is 0.186. The minimum absolute atomic E-state index is 0.0189. The highest BCUT2D eigenvalue weighted by atomic mass is 79.9. The number of rotatable bonds is 10. The van der Waals surface area contributed by atoms with E-state index in [0.29, 0.717) is 38.3 Å². The summed E-state index contributed by atoms with van der Waals surface area (Å²) < 4.78 is 18.9. The number of amides is 2. The molecule has 1 saturated carbocycles. The maximum atomic E-state index is 14.4. The Morgan fingerprint density at radius 2 is 1.64 bits per heavy atom. The van der Waals surface area contributed by atoms with Crippen molar-refractivity contribution >= 4 is 41.8 Å². The second-order valence-electron chi connectivity index (χ2n) is 14.3. The number of carbonyl (C=O) groups is 2. The summed E-state index contributed by atoms with van der Waals surface area (Å²) in [7, 11) is -1.82. The van der Waals surface area contributed by atoms with Gasteiger partial charge < -0.3 is 23.7 Å². The SMILES string of the molecule is CC(C)(C)OC(=O)N1CCC(c2ccc(OCCO[Si](C)(C)C(C)(C)C)cc2)=C(C(=O)N(Cc2ccccc2Br)C2CC2)C1. The van der Waals surface area contributed by atoms with Gasteiger partial charge in [0.2, 0.25) is 0 Å². The average molecular weight is 686 g/mol. The Kier molecular flexibility index (Phi) is 10.7. The second kappa shape index (κ2) is 13.8. The Hall–Kier alpha value is -2.62. The smallest absolute Gasteiger partial charge is 0.410 e. The fraction of sp³-hybridized carbons (Fsp3) is 0.543. The molecule has 0 saturated heterocycles. The lowest BCUT2D eigenvalue weighted by Gasteiger charge is -2.36. The number of nitrogens with zero attached hydrogens (tertiary/aromatic N) is 2. The molecule has 4 rings (SSSR count). The highest BCUT2D eigenvalue weighted by Crippen LogP contribution is 2.37. The van der Waals surface area contributed by atoms with E-state index in [1.807, 2.05) is 74.2 Å². The van der Waals surface area contributed by atoms with E-state index in [-0.39, 0.29) is 23.5 Å². The van der Waals surface area contributed by atoms with Crippen molar-refractivity contribution in [1.29, 1.82) is 0 Å². The molecule has 1 heterocycles. The zero-order chi connectivity index (χ0) is 32.3. The molecule has 0 atom stereocenters. The third-order valence-corrected chi connectivity index (χ3v) is 13.9. The standard InChI is InChI=1S/C35H49BrN2O5Si/c1-34(2,3)43-33(40)37-20-19-29(25-13-17-28(18-14-25)41-21-22-42-44(7,8)35(4,5)6)30(24-37)32(39)38(27-15-16-27)23-26-11-9-10-12-31(26)36/h9-14,17-18,27H,15-16,19-24H2,1-8H3. The predicted molar refractivity (Wildman–Crippen MR) is 182 cm³/mol. The highest BCUT2D eigenvalue weighted by Gasteiger charge is 2.38. The summed E-state index contributed by atoms with van der Waals surface area (Å²) in [6, 6.07) is 16.2. The lowest BCUT2D eigenvalue weighted by atomic mass is 9.92. The topological polar surface area (TPSA) is 68.3 Å². The molecule has 1 aliphatic carbocycles. The zero-order valence-electron chi connectivity index (χ0n) is 27.7. The predicted octanol–water partition coefficient (Wildman–Crippen LogP) is 8.44. The van der Waals surface area contributed by atoms with Crippen molar-refractivity contribution in [2.75, 3.05) is 26.3 Å². The fourth-order valence-corrected chi connectivity index (χ4v) is 6.36. The summed E-state index contributed by atoms with van der Waals surface area (Å²) in [5.41, 5.74) is 3.04. The maximum absolute atomic E-state index is 14.4. The molecule has 0 spiro atoms. The van der Waals surface area contributed by atoms with Crippen LogP contribution in [-0.2, 0) is 20.5 Å². The van der Waals surface area contributed by atoms with E-state index in [2.05, 4.69) is 49.8 Å². The van der Waals surface area contributed by atoms with Crippen molar-refractivity contribution in [3.05, 3.63) is 69.7 Å². The van der Waals surface area contributed by atoms with E-state index in [1.165, 1.54) is 0 Å². The van der Waals surface area contributed by atoms with E-state index in [9.17, 15) is 9.59 Å². The highest BCUT2D eigenvalue weighted by molar-refractivity contribution is 9.10. The minimum Gasteiger partial charge on any atom is -0.491 e. The summed E-state index contributed by atoms with van der Waals surface area (Å²) in [6.07, 6.45) is 2.14. The lowest BCUT2D eigenvalue weighted by molar-refractivity contribution is -0.128. The second-order valence-corrected chi connectivity index (χ2v) is 20.0. The van der Waals surface area contributed by atoms with Gasteiger partial charge in [0.05, 0.1) is 13.2 Å². The van der Waals surface area contributed by atoms with Crippen LogP contribution in [0.4, 0.5) is 4.79 Å². The monoisotopic (exact) mass is 684 g/mol. The van der Waals surface area contributed by atoms with Crippen molar-refractivity contribution in [2.45, 2.75) is 97.1 Å². The van der Waals surface area contributed by atoms with Gasteiger partial charge in [-0.25, -0.2) is 4.79 Å². The molecule has 7 nitrogen and oxygen atoms in total. The van der Waals surface area contributed by atoms with Crippen LogP contribution >= 0.6 is 15.9 Å². The first kappa shape index (κ1) is 34.3. The largest absolute Gasteiger partial charge is 0.491 e. The van der Waals surface area contributed by atoms with E-state index >= 15 is 0 Å². The first-order valence-corrected chi connectivity index (χ1v) is 19.4. The summed E-state index contributed by atoms with van der Waals surface area (Å²) >= 11 is 3.65. The molecule has 2 amide bonds. The zero-order valence-corrected chi connectivity index (χ0v) is 30.3. The van der Waals surface area contributed by atoms with Crippen molar-refractivity contribution < 1.29 is 23.5 Å². The summed E-state index contributed by atoms with van der Waals surface area (Å²) in [5, 5.41) is 0.156. The van der Waals surface area contributed by atoms with Crippen LogP contribution in [0.1, 0.15) is 71.9 Å². The van der Waals surface area contributed by atoms with Crippen molar-refractivity contribution in [3.8, 4) is 5.75 Å². The molecular weight excluding hydrogens is 636 g/mol. The molecule has 1 fully saturated rings. The van der Waals surface area contributed by atoms with Gasteiger partial charge in [-0.1, -0.05) is 67.0 Å². The Balaban J connectivity index is 1.56. The van der Waals surface area contributed by atoms with E-state index < -0.39 is 20.0 Å². The lowest BCUT2D eigenvalue weighted by Crippen LogP contribution is -2.44. The third-order valence-electron chi connectivity index (χ3n) is 8.63. The molecular formula is C35H49BrN2O5Si. The first-order valence-electron chi connectivity index (χ1n) is 15.7. The summed E-state index contributed by atoms with van der Waals surface area (Å²) in [6.45, 7) is 19.0. The van der Waals surface area contributed by atoms with E-state index in [0.717, 1.165) is 39.8 Å². The number of carbonyl (C=O) groups excluding carboxylic acids is 2. The minimum atomic E-state index is -1.82. The number of ether oxygens (including phenoxy) is 2. The van der Waals surface area contributed by atoms with Crippen LogP contribution in [0.15, 0.2) is 58.6 Å². The molecule has 2 aromatic carbocycles. The van der Waals surface area contributed by atoms with Gasteiger partial charge in [0.1, 0.15) is 18.0 Å². The number of benzene rings is 2. The van der Waals surface area contributed by atoms with Crippen LogP contribution in [0, 0.1) is 0 Å². The van der Waals surface area contributed by atoms with Gasteiger partial charge >= 0.3 is 6.09 Å². The summed E-state index contributed by atoms with van der Waals surface area (Å²) in [5.74, 6) is 0.746. The number of hydrogen-bond acceptors (Lipinski definition) is 5. The average Bonchev–Trinajstić information content (AvgIpc) is 3.78. The van der Waals surface area contributed by atoms with E-state index in [1.54, 1.807) is 4.90 Å². The van der Waals surface area contributed by atoms with Crippen molar-refractivity contribution in [3.63, 3.8) is 0 Å². The third kappa shape index (κ3) is 8.98. The van der Waals surface area contributed by atoms with Gasteiger partial charge in [0.25, 0.3) is 5.91 Å². The summed E-state index contributed by atoms with van der Waals surface area (Å²) in [4.78, 5) is 31.1. The van der Waals surface area contributed by atoms with Crippen LogP contribution in [0.3, 0.4) is 0 Å². The normalized spacial score (nSPS) is 16.2. The molecule has 240 valence electrons. The van der Waals surface area contributed by atoms with Gasteiger partial charge in [0.15, 0.2) is 8.32 Å². The molecule has 2 aromatic rings. The van der Waals surface area contributed by atoms with Crippen LogP contribution < -0.4 is 4.74 Å². The van der Waals surface area contributed by atoms with Crippen molar-refractivity contribution in [2.24, 2.45) is 0 Å². The van der Waals surface area contributed by atoms with Crippen LogP contribution in [0.5, 0.6) is 5.75 Å². The van der Waals surface area contributed by atoms with Crippen LogP contribution in [0.2, 0.25) is 18.1 Å². The molecule has 0 bridgehead atoms. The molecule has 0 unspecified atom stereocenters. The Labute approximate surface area is 273 Å². The first-order chi connectivity index (χ1) is 20.6. The van der Waals surface area contributed by atoms with Crippen LogP contribution in [0.25, 0.3) is 5.57 Å². The van der Waals surface area contributed by atoms with Gasteiger partial charge in [-0.3, -0.25) is 4.79 Å². The van der Waals surface area contributed by atoms with E-state index in [4.69, 9.17) is 13.9 Å². The molecule has 0 N–H and O–H groups in total. The number of hydrogen-bond donors (Lipinski definition) is 0. The van der Waals surface area contributed by atoms with Gasteiger partial charge in [-0.05, 0) is 93.1 Å². The fourth-order valence-electron chi connectivity index (χ4n) is 4.92. The molecule has 44 heavy (non-hydrogen) atoms. The Morgan fingerprint density at radius 3 is 2.23 bits per heavy atom. The molecule has 2 aliphatic rings. The molecule has 0 aromatic heterocycles. The van der Waals surface area contributed by atoms with Gasteiger partial charge in [-0.2, -0.15) is 0 Å². The van der Waals surface area contributed by atoms with Crippen LogP contribution in [-0.4, -0.2) is 68.1 Å².